The maximum absolute atomic E-state index is 5.59. The van der Waals surface area contributed by atoms with E-state index < -0.39 is 0 Å². The summed E-state index contributed by atoms with van der Waals surface area (Å²) in [4.78, 5) is 9.10. The Morgan fingerprint density at radius 2 is 1.26 bits per heavy atom. The fourth-order valence-corrected chi connectivity index (χ4v) is 7.21. The monoisotopic (exact) mass is 923 g/mol. The molecule has 3 aromatic heterocycles. The van der Waals surface area contributed by atoms with Gasteiger partial charge in [0.15, 0.2) is 5.89 Å². The normalized spacial score (nSPS) is 11.1. The molecule has 0 saturated heterocycles. The Morgan fingerprint density at radius 3 is 1.88 bits per heavy atom. The van der Waals surface area contributed by atoms with Crippen molar-refractivity contribution in [1.29, 1.82) is 0 Å². The van der Waals surface area contributed by atoms with Crippen molar-refractivity contribution in [1.82, 2.24) is 29.3 Å². The van der Waals surface area contributed by atoms with Gasteiger partial charge in [-0.3, -0.25) is 4.98 Å². The van der Waals surface area contributed by atoms with Crippen LogP contribution in [-0.4, -0.2) is 29.3 Å². The van der Waals surface area contributed by atoms with Gasteiger partial charge in [0.1, 0.15) is 6.33 Å². The number of hydrogen-bond acceptors (Lipinski definition) is 5. The fourth-order valence-electron chi connectivity index (χ4n) is 7.21. The second-order valence-electron chi connectivity index (χ2n) is 14.3. The first-order valence-electron chi connectivity index (χ1n) is 18.9. The smallest absolute Gasteiger partial charge is 0.180 e. The minimum Gasteiger partial charge on any atom is -0.488 e. The van der Waals surface area contributed by atoms with Crippen LogP contribution in [0.3, 0.4) is 0 Å². The molecule has 285 valence electrons. The van der Waals surface area contributed by atoms with E-state index in [1.807, 2.05) is 67.8 Å². The molecule has 0 N–H and O–H groups in total. The number of imidazole rings is 1. The van der Waals surface area contributed by atoms with E-state index in [4.69, 9.17) is 4.42 Å². The molecule has 0 amide bonds. The van der Waals surface area contributed by atoms with Crippen molar-refractivity contribution in [2.75, 3.05) is 0 Å². The topological polar surface area (TPSA) is 74.6 Å². The molecular formula is C49H42IrN6O-2. The van der Waals surface area contributed by atoms with Crippen LogP contribution < -0.4 is 0 Å². The molecule has 0 bridgehead atoms. The molecule has 8 heteroatoms. The van der Waals surface area contributed by atoms with Gasteiger partial charge in [0.2, 0.25) is 0 Å². The first-order valence-corrected chi connectivity index (χ1v) is 18.9. The largest absolute Gasteiger partial charge is 0.488 e. The molecule has 0 aliphatic carbocycles. The van der Waals surface area contributed by atoms with Crippen LogP contribution in [0.1, 0.15) is 56.5 Å². The summed E-state index contributed by atoms with van der Waals surface area (Å²) in [6.07, 6.45) is 5.67. The van der Waals surface area contributed by atoms with Crippen LogP contribution in [0.2, 0.25) is 0 Å². The van der Waals surface area contributed by atoms with Gasteiger partial charge in [0, 0.05) is 61.8 Å². The van der Waals surface area contributed by atoms with Crippen LogP contribution in [0.4, 0.5) is 0 Å². The number of aromatic nitrogens is 6. The number of oxazole rings is 1. The zero-order valence-corrected chi connectivity index (χ0v) is 34.9. The van der Waals surface area contributed by atoms with Crippen LogP contribution in [0.5, 0.6) is 0 Å². The quantitative estimate of drug-likeness (QED) is 0.142. The van der Waals surface area contributed by atoms with Crippen molar-refractivity contribution in [2.45, 2.75) is 46.5 Å². The summed E-state index contributed by atoms with van der Waals surface area (Å²) in [6.45, 7) is 10.8. The number of para-hydroxylation sites is 2. The Kier molecular flexibility index (Phi) is 11.8. The van der Waals surface area contributed by atoms with Gasteiger partial charge in [-0.15, -0.1) is 64.8 Å². The van der Waals surface area contributed by atoms with Gasteiger partial charge in [-0.1, -0.05) is 125 Å². The molecule has 57 heavy (non-hydrogen) atoms. The van der Waals surface area contributed by atoms with Crippen molar-refractivity contribution in [3.05, 3.63) is 181 Å². The van der Waals surface area contributed by atoms with Crippen LogP contribution >= 0.6 is 0 Å². The van der Waals surface area contributed by atoms with E-state index in [9.17, 15) is 0 Å². The minimum absolute atomic E-state index is 0. The zero-order chi connectivity index (χ0) is 38.6. The molecule has 0 spiro atoms. The van der Waals surface area contributed by atoms with E-state index in [1.165, 1.54) is 16.8 Å². The van der Waals surface area contributed by atoms with Gasteiger partial charge in [-0.2, -0.15) is 5.10 Å². The SMILES string of the molecule is Cc1nc2cc(-c3nccn3-c3c(C(C)C)cccc3C(C)C)[c-]cc2o1.[Ir].[c-]1ccccc1-c1nncn1-c1c(-c2ccccc2)cccc1-c1ccccc1. The van der Waals surface area contributed by atoms with Crippen molar-refractivity contribution < 1.29 is 24.5 Å². The van der Waals surface area contributed by atoms with E-state index in [1.54, 1.807) is 6.33 Å². The van der Waals surface area contributed by atoms with Crippen molar-refractivity contribution in [3.63, 3.8) is 0 Å². The molecular weight excluding hydrogens is 881 g/mol. The molecule has 6 aromatic carbocycles. The number of nitrogens with zero attached hydrogens (tertiary/aromatic N) is 6. The molecule has 0 saturated carbocycles. The Labute approximate surface area is 347 Å². The predicted molar refractivity (Wildman–Crippen MR) is 225 cm³/mol. The zero-order valence-electron chi connectivity index (χ0n) is 32.5. The van der Waals surface area contributed by atoms with E-state index in [2.05, 4.69) is 154 Å². The summed E-state index contributed by atoms with van der Waals surface area (Å²) < 4.78 is 9.84. The summed E-state index contributed by atoms with van der Waals surface area (Å²) in [6, 6.07) is 52.1. The molecule has 9 aromatic rings. The van der Waals surface area contributed by atoms with E-state index in [-0.39, 0.29) is 20.1 Å². The molecule has 0 fully saturated rings. The standard InChI is InChI=1S/C26H18N3.C23H24N3O.Ir/c1-4-11-20(12-5-1)23-17-10-18-24(21-13-6-2-7-14-21)25(23)29-19-27-28-26(29)22-15-8-3-9-16-22;1-14(2)18-7-6-8-19(15(3)4)22(18)26-12-11-24-23(26)17-9-10-21-20(13-17)25-16(5)27-21;/h1-15,17-19H;6-8,10-15H,1-5H3;/q2*-1;. The average molecular weight is 923 g/mol. The van der Waals surface area contributed by atoms with Gasteiger partial charge in [0.05, 0.1) is 22.9 Å². The fraction of sp³-hybridized carbons (Fsp3) is 0.143. The number of rotatable bonds is 8. The molecule has 0 unspecified atom stereocenters. The Morgan fingerprint density at radius 1 is 0.632 bits per heavy atom. The third-order valence-electron chi connectivity index (χ3n) is 9.84. The Balaban J connectivity index is 0.000000172. The second kappa shape index (κ2) is 17.3. The van der Waals surface area contributed by atoms with Crippen LogP contribution in [0.15, 0.2) is 157 Å². The minimum atomic E-state index is 0. The predicted octanol–water partition coefficient (Wildman–Crippen LogP) is 12.1. The summed E-state index contributed by atoms with van der Waals surface area (Å²) in [5, 5.41) is 8.65. The van der Waals surface area contributed by atoms with Gasteiger partial charge in [-0.25, -0.2) is 4.98 Å². The van der Waals surface area contributed by atoms with Gasteiger partial charge < -0.3 is 13.6 Å². The van der Waals surface area contributed by atoms with Crippen molar-refractivity contribution in [3.8, 4) is 56.4 Å². The van der Waals surface area contributed by atoms with E-state index in [0.717, 1.165) is 61.8 Å². The molecule has 0 aliphatic heterocycles. The Hall–Kier alpha value is -6.21. The molecule has 3 heterocycles. The number of hydrogen-bond donors (Lipinski definition) is 0. The molecule has 1 radical (unpaired) electrons. The molecule has 7 nitrogen and oxygen atoms in total. The first-order chi connectivity index (χ1) is 27.4. The summed E-state index contributed by atoms with van der Waals surface area (Å²) in [7, 11) is 0. The number of fused-ring (bicyclic) bond motifs is 1. The van der Waals surface area contributed by atoms with Crippen LogP contribution in [0.25, 0.3) is 67.5 Å². The maximum atomic E-state index is 5.59. The molecule has 9 rings (SSSR count). The van der Waals surface area contributed by atoms with Gasteiger partial charge >= 0.3 is 0 Å². The number of aryl methyl sites for hydroxylation is 1. The summed E-state index contributed by atoms with van der Waals surface area (Å²) >= 11 is 0. The molecule has 0 atom stereocenters. The van der Waals surface area contributed by atoms with Crippen molar-refractivity contribution >= 4 is 11.1 Å². The summed E-state index contributed by atoms with van der Waals surface area (Å²) in [5.74, 6) is 3.13. The van der Waals surface area contributed by atoms with Gasteiger partial charge in [0.25, 0.3) is 0 Å². The average Bonchev–Trinajstić information content (AvgIpc) is 4.01. The summed E-state index contributed by atoms with van der Waals surface area (Å²) in [5.41, 5.74) is 12.9. The second-order valence-corrected chi connectivity index (χ2v) is 14.3. The van der Waals surface area contributed by atoms with Crippen LogP contribution in [-0.2, 0) is 20.1 Å². The third-order valence-corrected chi connectivity index (χ3v) is 9.84. The number of benzene rings is 6. The molecule has 0 aliphatic rings. The maximum Gasteiger partial charge on any atom is 0.180 e. The van der Waals surface area contributed by atoms with Crippen LogP contribution in [0, 0.1) is 19.1 Å². The van der Waals surface area contributed by atoms with Gasteiger partial charge in [-0.05, 0) is 34.1 Å². The van der Waals surface area contributed by atoms with E-state index in [0.29, 0.717) is 17.7 Å². The van der Waals surface area contributed by atoms with Crippen molar-refractivity contribution in [2.24, 2.45) is 0 Å². The third kappa shape index (κ3) is 8.06. The Bertz CT molecular complexity index is 2630. The first kappa shape index (κ1) is 39.0. The van der Waals surface area contributed by atoms with E-state index >= 15 is 0 Å².